The molecule has 1 saturated carbocycles. The molecule has 2 N–H and O–H groups in total. The van der Waals surface area contributed by atoms with Crippen LogP contribution in [0.15, 0.2) is 0 Å². The minimum absolute atomic E-state index is 0.0929. The van der Waals surface area contributed by atoms with Gasteiger partial charge >= 0.3 is 0 Å². The highest BCUT2D eigenvalue weighted by Crippen LogP contribution is 2.26. The first-order chi connectivity index (χ1) is 8.72. The number of piperazine rings is 1. The van der Waals surface area contributed by atoms with Crippen LogP contribution in [0.25, 0.3) is 0 Å². The molecule has 1 aliphatic heterocycles. The number of aliphatic hydroxyl groups excluding tert-OH is 1. The summed E-state index contributed by atoms with van der Waals surface area (Å²) in [7, 11) is 0. The highest BCUT2D eigenvalue weighted by Gasteiger charge is 2.36. The van der Waals surface area contributed by atoms with Gasteiger partial charge in [-0.05, 0) is 26.2 Å². The quantitative estimate of drug-likeness (QED) is 0.746. The van der Waals surface area contributed by atoms with Crippen LogP contribution in [0.3, 0.4) is 0 Å². The topological polar surface area (TPSA) is 52.6 Å². The van der Waals surface area contributed by atoms with Gasteiger partial charge in [0, 0.05) is 25.2 Å². The number of amides is 1. The van der Waals surface area contributed by atoms with Crippen molar-refractivity contribution in [1.29, 1.82) is 0 Å². The second-order valence-corrected chi connectivity index (χ2v) is 5.78. The maximum atomic E-state index is 12.1. The Morgan fingerprint density at radius 2 is 1.94 bits per heavy atom. The molecule has 4 heteroatoms. The minimum atomic E-state index is -0.116. The number of hydrogen-bond donors (Lipinski definition) is 2. The Bertz CT molecular complexity index is 275. The van der Waals surface area contributed by atoms with Gasteiger partial charge in [0.05, 0.1) is 6.04 Å². The Morgan fingerprint density at radius 1 is 1.28 bits per heavy atom. The van der Waals surface area contributed by atoms with E-state index in [1.807, 2.05) is 0 Å². The summed E-state index contributed by atoms with van der Waals surface area (Å²) in [6.45, 7) is 3.09. The summed E-state index contributed by atoms with van der Waals surface area (Å²) in [5, 5.41) is 12.2. The van der Waals surface area contributed by atoms with E-state index in [0.717, 1.165) is 6.54 Å². The average molecular weight is 254 g/mol. The van der Waals surface area contributed by atoms with Crippen LogP contribution in [0.1, 0.15) is 51.9 Å². The summed E-state index contributed by atoms with van der Waals surface area (Å²) >= 11 is 0. The van der Waals surface area contributed by atoms with Crippen molar-refractivity contribution in [3.63, 3.8) is 0 Å². The van der Waals surface area contributed by atoms with Gasteiger partial charge in [0.1, 0.15) is 0 Å². The van der Waals surface area contributed by atoms with Crippen LogP contribution in [-0.2, 0) is 4.79 Å². The van der Waals surface area contributed by atoms with E-state index in [2.05, 4.69) is 17.1 Å². The maximum Gasteiger partial charge on any atom is 0.237 e. The van der Waals surface area contributed by atoms with Crippen LogP contribution in [0.2, 0.25) is 0 Å². The second-order valence-electron chi connectivity index (χ2n) is 5.78. The second kappa shape index (κ2) is 6.53. The van der Waals surface area contributed by atoms with Gasteiger partial charge in [-0.3, -0.25) is 9.69 Å². The van der Waals surface area contributed by atoms with E-state index in [1.165, 1.54) is 38.5 Å². The summed E-state index contributed by atoms with van der Waals surface area (Å²) in [6.07, 6.45) is 8.21. The Labute approximate surface area is 110 Å². The molecule has 2 unspecified atom stereocenters. The van der Waals surface area contributed by atoms with Crippen LogP contribution in [-0.4, -0.2) is 47.2 Å². The summed E-state index contributed by atoms with van der Waals surface area (Å²) in [5.74, 6) is 0.104. The van der Waals surface area contributed by atoms with Crippen LogP contribution in [0.4, 0.5) is 0 Å². The zero-order chi connectivity index (χ0) is 13.0. The average Bonchev–Trinajstić information content (AvgIpc) is 2.61. The molecule has 4 nitrogen and oxygen atoms in total. The highest BCUT2D eigenvalue weighted by atomic mass is 16.3. The molecule has 104 valence electrons. The molecule has 0 aromatic rings. The van der Waals surface area contributed by atoms with Gasteiger partial charge in [-0.2, -0.15) is 0 Å². The fourth-order valence-electron chi connectivity index (χ4n) is 3.39. The molecule has 2 rings (SSSR count). The van der Waals surface area contributed by atoms with E-state index in [1.54, 1.807) is 0 Å². The van der Waals surface area contributed by atoms with Gasteiger partial charge < -0.3 is 10.4 Å². The zero-order valence-electron chi connectivity index (χ0n) is 11.4. The van der Waals surface area contributed by atoms with Gasteiger partial charge in [0.25, 0.3) is 0 Å². The number of hydrogen-bond acceptors (Lipinski definition) is 3. The van der Waals surface area contributed by atoms with Gasteiger partial charge in [0.2, 0.25) is 5.91 Å². The number of nitrogens with zero attached hydrogens (tertiary/aromatic N) is 1. The van der Waals surface area contributed by atoms with Crippen molar-refractivity contribution >= 4 is 5.91 Å². The van der Waals surface area contributed by atoms with Gasteiger partial charge in [-0.1, -0.05) is 25.7 Å². The van der Waals surface area contributed by atoms with Crippen LogP contribution >= 0.6 is 0 Å². The smallest absolute Gasteiger partial charge is 0.237 e. The van der Waals surface area contributed by atoms with Crippen molar-refractivity contribution in [2.75, 3.05) is 13.2 Å². The zero-order valence-corrected chi connectivity index (χ0v) is 11.4. The van der Waals surface area contributed by atoms with Crippen molar-refractivity contribution in [2.45, 2.75) is 70.0 Å². The van der Waals surface area contributed by atoms with Crippen molar-refractivity contribution in [2.24, 2.45) is 0 Å². The number of rotatable bonds is 3. The monoisotopic (exact) mass is 254 g/mol. The normalized spacial score (nSPS) is 32.0. The van der Waals surface area contributed by atoms with E-state index >= 15 is 0 Å². The fraction of sp³-hybridized carbons (Fsp3) is 0.929. The van der Waals surface area contributed by atoms with E-state index < -0.39 is 0 Å². The Balaban J connectivity index is 2.06. The summed E-state index contributed by atoms with van der Waals surface area (Å²) in [6, 6.07) is 0.655. The minimum Gasteiger partial charge on any atom is -0.396 e. The number of aliphatic hydroxyl groups is 1. The van der Waals surface area contributed by atoms with Gasteiger partial charge in [-0.15, -0.1) is 0 Å². The van der Waals surface area contributed by atoms with Crippen molar-refractivity contribution in [3.05, 3.63) is 0 Å². The molecule has 0 aromatic carbocycles. The molecular weight excluding hydrogens is 228 g/mol. The Kier molecular flexibility index (Phi) is 5.01. The van der Waals surface area contributed by atoms with E-state index in [-0.39, 0.29) is 24.6 Å². The maximum absolute atomic E-state index is 12.1. The van der Waals surface area contributed by atoms with E-state index in [4.69, 9.17) is 5.11 Å². The van der Waals surface area contributed by atoms with E-state index in [0.29, 0.717) is 12.5 Å². The molecule has 18 heavy (non-hydrogen) atoms. The third-order valence-corrected chi connectivity index (χ3v) is 4.27. The lowest BCUT2D eigenvalue weighted by atomic mass is 9.99. The molecule has 2 fully saturated rings. The molecule has 1 aliphatic carbocycles. The lowest BCUT2D eigenvalue weighted by molar-refractivity contribution is -0.132. The number of carbonyl (C=O) groups excluding carboxylic acids is 1. The third kappa shape index (κ3) is 3.23. The highest BCUT2D eigenvalue weighted by molar-refractivity contribution is 5.82. The molecule has 2 atom stereocenters. The molecule has 0 bridgehead atoms. The van der Waals surface area contributed by atoms with Crippen LogP contribution in [0.5, 0.6) is 0 Å². The van der Waals surface area contributed by atoms with Crippen LogP contribution in [0, 0.1) is 0 Å². The Hall–Kier alpha value is -0.610. The lowest BCUT2D eigenvalue weighted by Crippen LogP contribution is -2.61. The first-order valence-electron chi connectivity index (χ1n) is 7.39. The molecule has 0 spiro atoms. The third-order valence-electron chi connectivity index (χ3n) is 4.27. The first kappa shape index (κ1) is 13.8. The molecule has 0 radical (unpaired) electrons. The molecule has 1 amide bonds. The molecular formula is C14H26N2O2. The summed E-state index contributed by atoms with van der Waals surface area (Å²) < 4.78 is 0. The predicted octanol–water partition coefficient (Wildman–Crippen LogP) is 1.28. The first-order valence-corrected chi connectivity index (χ1v) is 7.39. The SMILES string of the molecule is CC1CN(C2CCCCCC2)C(CCO)C(=O)N1. The standard InChI is InChI=1S/C14H26N2O2/c1-11-10-16(12-6-4-2-3-5-7-12)13(8-9-17)14(18)15-11/h11-13,17H,2-10H2,1H3,(H,15,18). The van der Waals surface area contributed by atoms with Crippen molar-refractivity contribution in [3.8, 4) is 0 Å². The fourth-order valence-corrected chi connectivity index (χ4v) is 3.39. The molecule has 2 aliphatic rings. The van der Waals surface area contributed by atoms with Gasteiger partial charge in [-0.25, -0.2) is 0 Å². The number of nitrogens with one attached hydrogen (secondary N) is 1. The molecule has 0 aromatic heterocycles. The predicted molar refractivity (Wildman–Crippen MR) is 71.3 cm³/mol. The van der Waals surface area contributed by atoms with Crippen molar-refractivity contribution < 1.29 is 9.90 Å². The summed E-state index contributed by atoms with van der Waals surface area (Å²) in [5.41, 5.74) is 0. The summed E-state index contributed by atoms with van der Waals surface area (Å²) in [4.78, 5) is 14.4. The lowest BCUT2D eigenvalue weighted by Gasteiger charge is -2.42. The molecule has 1 saturated heterocycles. The number of carbonyl (C=O) groups is 1. The van der Waals surface area contributed by atoms with E-state index in [9.17, 15) is 4.79 Å². The molecule has 1 heterocycles. The largest absolute Gasteiger partial charge is 0.396 e. The van der Waals surface area contributed by atoms with Crippen LogP contribution < -0.4 is 5.32 Å². The van der Waals surface area contributed by atoms with Gasteiger partial charge in [0.15, 0.2) is 0 Å². The van der Waals surface area contributed by atoms with Crippen molar-refractivity contribution in [1.82, 2.24) is 10.2 Å². The Morgan fingerprint density at radius 3 is 2.56 bits per heavy atom.